The van der Waals surface area contributed by atoms with Gasteiger partial charge in [0.2, 0.25) is 10.0 Å². The standard InChI is InChI=1S/C14H21NO2S/c1-2-8-13-9-6-7-12-15(13)18(16,17)14-10-4-3-5-11-14/h3-5,10-11,13H,2,6-9,12H2,1H3. The summed E-state index contributed by atoms with van der Waals surface area (Å²) < 4.78 is 26.9. The van der Waals surface area contributed by atoms with Crippen LogP contribution >= 0.6 is 0 Å². The molecule has 1 saturated heterocycles. The van der Waals surface area contributed by atoms with Crippen LogP contribution in [0, 0.1) is 0 Å². The first-order chi connectivity index (χ1) is 8.66. The molecule has 1 heterocycles. The molecule has 1 fully saturated rings. The van der Waals surface area contributed by atoms with E-state index in [1.54, 1.807) is 28.6 Å². The molecular weight excluding hydrogens is 246 g/mol. The first-order valence-corrected chi connectivity index (χ1v) is 8.17. The first-order valence-electron chi connectivity index (χ1n) is 6.73. The molecule has 1 aromatic carbocycles. The molecule has 2 rings (SSSR count). The van der Waals surface area contributed by atoms with E-state index >= 15 is 0 Å². The summed E-state index contributed by atoms with van der Waals surface area (Å²) in [6, 6.07) is 8.98. The van der Waals surface area contributed by atoms with E-state index in [-0.39, 0.29) is 6.04 Å². The van der Waals surface area contributed by atoms with E-state index < -0.39 is 10.0 Å². The predicted molar refractivity (Wildman–Crippen MR) is 72.9 cm³/mol. The molecule has 0 aliphatic carbocycles. The van der Waals surface area contributed by atoms with Crippen LogP contribution in [0.2, 0.25) is 0 Å². The monoisotopic (exact) mass is 267 g/mol. The third-order valence-corrected chi connectivity index (χ3v) is 5.51. The van der Waals surface area contributed by atoms with Crippen LogP contribution in [0.15, 0.2) is 35.2 Å². The van der Waals surface area contributed by atoms with E-state index in [4.69, 9.17) is 0 Å². The fourth-order valence-electron chi connectivity index (χ4n) is 2.64. The molecule has 0 bridgehead atoms. The largest absolute Gasteiger partial charge is 0.243 e. The van der Waals surface area contributed by atoms with Gasteiger partial charge in [-0.2, -0.15) is 4.31 Å². The summed E-state index contributed by atoms with van der Waals surface area (Å²) in [4.78, 5) is 0.424. The van der Waals surface area contributed by atoms with E-state index in [9.17, 15) is 8.42 Å². The van der Waals surface area contributed by atoms with Gasteiger partial charge in [-0.15, -0.1) is 0 Å². The highest BCUT2D eigenvalue weighted by Crippen LogP contribution is 2.27. The van der Waals surface area contributed by atoms with Gasteiger partial charge in [-0.3, -0.25) is 0 Å². The number of rotatable bonds is 4. The lowest BCUT2D eigenvalue weighted by Gasteiger charge is -2.34. The molecule has 3 nitrogen and oxygen atoms in total. The van der Waals surface area contributed by atoms with Crippen molar-refractivity contribution in [1.82, 2.24) is 4.31 Å². The van der Waals surface area contributed by atoms with E-state index in [0.29, 0.717) is 11.4 Å². The smallest absolute Gasteiger partial charge is 0.207 e. The van der Waals surface area contributed by atoms with Gasteiger partial charge in [0.15, 0.2) is 0 Å². The number of benzene rings is 1. The number of hydrogen-bond donors (Lipinski definition) is 0. The Morgan fingerprint density at radius 2 is 1.94 bits per heavy atom. The maximum absolute atomic E-state index is 12.6. The molecule has 0 spiro atoms. The van der Waals surface area contributed by atoms with Crippen molar-refractivity contribution < 1.29 is 8.42 Å². The Morgan fingerprint density at radius 3 is 2.61 bits per heavy atom. The molecule has 1 aliphatic rings. The molecule has 4 heteroatoms. The van der Waals surface area contributed by atoms with Crippen LogP contribution in [-0.2, 0) is 10.0 Å². The molecule has 0 N–H and O–H groups in total. The summed E-state index contributed by atoms with van der Waals surface area (Å²) in [5, 5.41) is 0. The maximum Gasteiger partial charge on any atom is 0.243 e. The molecular formula is C14H21NO2S. The molecule has 0 saturated carbocycles. The normalized spacial score (nSPS) is 21.9. The molecule has 18 heavy (non-hydrogen) atoms. The van der Waals surface area contributed by atoms with E-state index in [0.717, 1.165) is 32.1 Å². The average molecular weight is 267 g/mol. The van der Waals surface area contributed by atoms with Crippen molar-refractivity contribution in [3.05, 3.63) is 30.3 Å². The summed E-state index contributed by atoms with van der Waals surface area (Å²) in [7, 11) is -3.30. The van der Waals surface area contributed by atoms with Crippen LogP contribution in [0.1, 0.15) is 39.0 Å². The highest BCUT2D eigenvalue weighted by Gasteiger charge is 2.32. The lowest BCUT2D eigenvalue weighted by molar-refractivity contribution is 0.239. The van der Waals surface area contributed by atoms with Crippen LogP contribution in [0.4, 0.5) is 0 Å². The van der Waals surface area contributed by atoms with Crippen molar-refractivity contribution in [3.63, 3.8) is 0 Å². The second-order valence-electron chi connectivity index (χ2n) is 4.87. The van der Waals surface area contributed by atoms with Crippen LogP contribution in [0.5, 0.6) is 0 Å². The quantitative estimate of drug-likeness (QED) is 0.841. The number of piperidine rings is 1. The summed E-state index contributed by atoms with van der Waals surface area (Å²) in [5.74, 6) is 0. The Hall–Kier alpha value is -0.870. The van der Waals surface area contributed by atoms with Crippen LogP contribution in [-0.4, -0.2) is 25.3 Å². The van der Waals surface area contributed by atoms with Crippen molar-refractivity contribution >= 4 is 10.0 Å². The fourth-order valence-corrected chi connectivity index (χ4v) is 4.38. The van der Waals surface area contributed by atoms with Crippen molar-refractivity contribution in [1.29, 1.82) is 0 Å². The lowest BCUT2D eigenvalue weighted by Crippen LogP contribution is -2.43. The van der Waals surface area contributed by atoms with E-state index in [1.165, 1.54) is 0 Å². The molecule has 1 unspecified atom stereocenters. The Balaban J connectivity index is 2.27. The minimum Gasteiger partial charge on any atom is -0.207 e. The predicted octanol–water partition coefficient (Wildman–Crippen LogP) is 3.03. The Kier molecular flexibility index (Phi) is 4.40. The topological polar surface area (TPSA) is 37.4 Å². The van der Waals surface area contributed by atoms with Crippen molar-refractivity contribution in [2.45, 2.75) is 50.0 Å². The molecule has 100 valence electrons. The molecule has 0 amide bonds. The lowest BCUT2D eigenvalue weighted by atomic mass is 10.0. The van der Waals surface area contributed by atoms with Gasteiger partial charge in [-0.05, 0) is 31.4 Å². The van der Waals surface area contributed by atoms with Crippen molar-refractivity contribution in [2.24, 2.45) is 0 Å². The fraction of sp³-hybridized carbons (Fsp3) is 0.571. The van der Waals surface area contributed by atoms with Gasteiger partial charge in [-0.25, -0.2) is 8.42 Å². The number of sulfonamides is 1. The molecule has 1 aromatic rings. The minimum absolute atomic E-state index is 0.189. The zero-order chi connectivity index (χ0) is 13.0. The number of nitrogens with zero attached hydrogens (tertiary/aromatic N) is 1. The third kappa shape index (κ3) is 2.75. The van der Waals surface area contributed by atoms with Gasteiger partial charge in [0, 0.05) is 12.6 Å². The van der Waals surface area contributed by atoms with Gasteiger partial charge in [0.25, 0.3) is 0 Å². The Morgan fingerprint density at radius 1 is 1.22 bits per heavy atom. The molecule has 1 atom stereocenters. The number of hydrogen-bond acceptors (Lipinski definition) is 2. The SMILES string of the molecule is CCCC1CCCCN1S(=O)(=O)c1ccccc1. The molecule has 0 radical (unpaired) electrons. The second kappa shape index (κ2) is 5.85. The van der Waals surface area contributed by atoms with Gasteiger partial charge in [0.05, 0.1) is 4.90 Å². The molecule has 1 aliphatic heterocycles. The zero-order valence-electron chi connectivity index (χ0n) is 10.9. The Bertz CT molecular complexity index is 468. The maximum atomic E-state index is 12.6. The first kappa shape index (κ1) is 13.6. The van der Waals surface area contributed by atoms with Crippen LogP contribution in [0.3, 0.4) is 0 Å². The second-order valence-corrected chi connectivity index (χ2v) is 6.76. The molecule has 0 aromatic heterocycles. The summed E-state index contributed by atoms with van der Waals surface area (Å²) in [6.45, 7) is 2.78. The zero-order valence-corrected chi connectivity index (χ0v) is 11.7. The van der Waals surface area contributed by atoms with E-state index in [1.807, 2.05) is 6.07 Å². The van der Waals surface area contributed by atoms with Crippen LogP contribution < -0.4 is 0 Å². The van der Waals surface area contributed by atoms with Gasteiger partial charge >= 0.3 is 0 Å². The van der Waals surface area contributed by atoms with Crippen molar-refractivity contribution in [2.75, 3.05) is 6.54 Å². The summed E-state index contributed by atoms with van der Waals surface area (Å²) >= 11 is 0. The highest BCUT2D eigenvalue weighted by molar-refractivity contribution is 7.89. The van der Waals surface area contributed by atoms with E-state index in [2.05, 4.69) is 6.92 Å². The van der Waals surface area contributed by atoms with Crippen LogP contribution in [0.25, 0.3) is 0 Å². The highest BCUT2D eigenvalue weighted by atomic mass is 32.2. The summed E-state index contributed by atoms with van der Waals surface area (Å²) in [5.41, 5.74) is 0. The average Bonchev–Trinajstić information content (AvgIpc) is 2.41. The van der Waals surface area contributed by atoms with Gasteiger partial charge < -0.3 is 0 Å². The van der Waals surface area contributed by atoms with Gasteiger partial charge in [0.1, 0.15) is 0 Å². The van der Waals surface area contributed by atoms with Gasteiger partial charge in [-0.1, -0.05) is 38.0 Å². The minimum atomic E-state index is -3.30. The summed E-state index contributed by atoms with van der Waals surface area (Å²) in [6.07, 6.45) is 5.12. The van der Waals surface area contributed by atoms with Crippen molar-refractivity contribution in [3.8, 4) is 0 Å². The Labute approximate surface area is 110 Å². The third-order valence-electron chi connectivity index (χ3n) is 3.54.